The van der Waals surface area contributed by atoms with Crippen molar-refractivity contribution in [2.45, 2.75) is 50.6 Å². The molecule has 244 valence electrons. The number of benzene rings is 3. The van der Waals surface area contributed by atoms with Gasteiger partial charge in [0.15, 0.2) is 0 Å². The molecule has 1 saturated heterocycles. The maximum absolute atomic E-state index is 13.6. The van der Waals surface area contributed by atoms with Crippen molar-refractivity contribution in [3.63, 3.8) is 0 Å². The Kier molecular flexibility index (Phi) is 10.3. The van der Waals surface area contributed by atoms with Gasteiger partial charge in [0.2, 0.25) is 17.6 Å². The van der Waals surface area contributed by atoms with Crippen LogP contribution >= 0.6 is 0 Å². The lowest BCUT2D eigenvalue weighted by atomic mass is 9.81. The summed E-state index contributed by atoms with van der Waals surface area (Å²) >= 11 is 0. The van der Waals surface area contributed by atoms with Crippen LogP contribution in [0, 0.1) is 11.8 Å². The van der Waals surface area contributed by atoms with E-state index in [0.29, 0.717) is 36.0 Å². The first-order valence-corrected chi connectivity index (χ1v) is 16.3. The van der Waals surface area contributed by atoms with Gasteiger partial charge in [0.25, 0.3) is 5.91 Å². The van der Waals surface area contributed by atoms with E-state index in [1.165, 1.54) is 0 Å². The molecule has 1 aliphatic heterocycles. The SMILES string of the molecule is NCC1CCC(C(=O)N[C@@H](Cc2ccc(-c3ccc(C(=O)N[C@@H]4CCNC4)cc3)cc2)C(=O)Nc2ccc(-c3nn[nH]n3)cc2)CC1. The van der Waals surface area contributed by atoms with E-state index in [1.807, 2.05) is 48.5 Å². The van der Waals surface area contributed by atoms with Gasteiger partial charge in [-0.3, -0.25) is 14.4 Å². The van der Waals surface area contributed by atoms with Gasteiger partial charge in [-0.15, -0.1) is 10.2 Å². The van der Waals surface area contributed by atoms with Crippen LogP contribution in [0.3, 0.4) is 0 Å². The average Bonchev–Trinajstić information content (AvgIpc) is 3.84. The molecule has 2 atom stereocenters. The summed E-state index contributed by atoms with van der Waals surface area (Å²) in [5, 5.41) is 26.3. The van der Waals surface area contributed by atoms with E-state index in [2.05, 4.69) is 41.9 Å². The molecule has 6 rings (SSSR count). The number of hydrogen-bond acceptors (Lipinski definition) is 8. The van der Waals surface area contributed by atoms with Crippen molar-refractivity contribution in [3.8, 4) is 22.5 Å². The van der Waals surface area contributed by atoms with Crippen molar-refractivity contribution in [2.24, 2.45) is 17.6 Å². The zero-order chi connectivity index (χ0) is 32.6. The van der Waals surface area contributed by atoms with Crippen molar-refractivity contribution in [2.75, 3.05) is 25.0 Å². The van der Waals surface area contributed by atoms with Crippen molar-refractivity contribution < 1.29 is 14.4 Å². The lowest BCUT2D eigenvalue weighted by molar-refractivity contribution is -0.130. The molecular formula is C35H41N9O3. The van der Waals surface area contributed by atoms with Crippen LogP contribution in [0.1, 0.15) is 48.0 Å². The Bertz CT molecular complexity index is 1630. The Morgan fingerprint density at radius 2 is 1.53 bits per heavy atom. The molecule has 1 saturated carbocycles. The van der Waals surface area contributed by atoms with Gasteiger partial charge in [-0.2, -0.15) is 5.21 Å². The number of tetrazole rings is 1. The molecule has 4 aromatic rings. The molecule has 3 aromatic carbocycles. The monoisotopic (exact) mass is 635 g/mol. The van der Waals surface area contributed by atoms with Crippen molar-refractivity contribution in [1.29, 1.82) is 0 Å². The van der Waals surface area contributed by atoms with Gasteiger partial charge in [-0.05, 0) is 109 Å². The maximum atomic E-state index is 13.6. The lowest BCUT2D eigenvalue weighted by Crippen LogP contribution is -2.48. The highest BCUT2D eigenvalue weighted by molar-refractivity contribution is 5.98. The summed E-state index contributed by atoms with van der Waals surface area (Å²) < 4.78 is 0. The van der Waals surface area contributed by atoms with E-state index in [-0.39, 0.29) is 29.7 Å². The highest BCUT2D eigenvalue weighted by Crippen LogP contribution is 2.28. The van der Waals surface area contributed by atoms with Crippen LogP contribution in [-0.2, 0) is 16.0 Å². The summed E-state index contributed by atoms with van der Waals surface area (Å²) in [7, 11) is 0. The molecule has 7 N–H and O–H groups in total. The lowest BCUT2D eigenvalue weighted by Gasteiger charge is -2.28. The van der Waals surface area contributed by atoms with Gasteiger partial charge in [0.05, 0.1) is 0 Å². The molecule has 0 bridgehead atoms. The van der Waals surface area contributed by atoms with Gasteiger partial charge < -0.3 is 27.0 Å². The topological polar surface area (TPSA) is 180 Å². The summed E-state index contributed by atoms with van der Waals surface area (Å²) in [4.78, 5) is 39.6. The average molecular weight is 636 g/mol. The predicted molar refractivity (Wildman–Crippen MR) is 179 cm³/mol. The first kappa shape index (κ1) is 32.0. The number of hydrogen-bond donors (Lipinski definition) is 6. The number of aromatic amines is 1. The van der Waals surface area contributed by atoms with E-state index in [9.17, 15) is 14.4 Å². The standard InChI is InChI=1S/C35H41N9O3/c36-20-23-3-7-27(8-4-23)34(46)40-31(35(47)38-29-15-13-26(14-16-29)32-41-43-44-42-32)19-22-1-5-24(6-2-22)25-9-11-28(12-10-25)33(45)39-30-17-18-37-21-30/h1-2,5-6,9-16,23,27,30-31,37H,3-4,7-8,17-21,36H2,(H,38,47)(H,39,45)(H,40,46)(H,41,42,43,44)/t23?,27?,30-,31+/m1/s1. The molecule has 1 aliphatic carbocycles. The van der Waals surface area contributed by atoms with Crippen LogP contribution in [0.4, 0.5) is 5.69 Å². The van der Waals surface area contributed by atoms with Crippen LogP contribution in [0.15, 0.2) is 72.8 Å². The predicted octanol–water partition coefficient (Wildman–Crippen LogP) is 3.06. The van der Waals surface area contributed by atoms with Crippen molar-refractivity contribution >= 4 is 23.4 Å². The van der Waals surface area contributed by atoms with Gasteiger partial charge in [0, 0.05) is 41.7 Å². The van der Waals surface area contributed by atoms with Gasteiger partial charge >= 0.3 is 0 Å². The van der Waals surface area contributed by atoms with Gasteiger partial charge in [0.1, 0.15) is 6.04 Å². The summed E-state index contributed by atoms with van der Waals surface area (Å²) in [6.45, 7) is 2.36. The zero-order valence-electron chi connectivity index (χ0n) is 26.2. The third-order valence-electron chi connectivity index (χ3n) is 9.21. The second kappa shape index (κ2) is 15.1. The molecule has 0 radical (unpaired) electrons. The Balaban J connectivity index is 1.12. The number of H-pyrrole nitrogens is 1. The van der Waals surface area contributed by atoms with Crippen LogP contribution in [0.5, 0.6) is 0 Å². The fourth-order valence-corrected chi connectivity index (χ4v) is 6.30. The summed E-state index contributed by atoms with van der Waals surface area (Å²) in [5.41, 5.74) is 10.7. The molecule has 12 heteroatoms. The minimum atomic E-state index is -0.773. The number of carbonyl (C=O) groups is 3. The maximum Gasteiger partial charge on any atom is 0.251 e. The Morgan fingerprint density at radius 1 is 0.851 bits per heavy atom. The molecule has 12 nitrogen and oxygen atoms in total. The van der Waals surface area contributed by atoms with E-state index in [4.69, 9.17) is 5.73 Å². The number of amides is 3. The Labute approximate surface area is 273 Å². The number of aromatic nitrogens is 4. The smallest absolute Gasteiger partial charge is 0.251 e. The summed E-state index contributed by atoms with van der Waals surface area (Å²) in [6, 6.07) is 22.0. The second-order valence-corrected chi connectivity index (χ2v) is 12.5. The van der Waals surface area contributed by atoms with E-state index >= 15 is 0 Å². The van der Waals surface area contributed by atoms with Crippen LogP contribution in [0.25, 0.3) is 22.5 Å². The fraction of sp³-hybridized carbons (Fsp3) is 0.371. The highest BCUT2D eigenvalue weighted by Gasteiger charge is 2.29. The largest absolute Gasteiger partial charge is 0.348 e. The number of nitrogens with two attached hydrogens (primary N) is 1. The van der Waals surface area contributed by atoms with Crippen LogP contribution < -0.4 is 27.0 Å². The minimum absolute atomic E-state index is 0.0673. The minimum Gasteiger partial charge on any atom is -0.348 e. The quantitative estimate of drug-likeness (QED) is 0.146. The molecule has 3 amide bonds. The number of nitrogens with zero attached hydrogens (tertiary/aromatic N) is 3. The first-order valence-electron chi connectivity index (χ1n) is 16.3. The Morgan fingerprint density at radius 3 is 2.15 bits per heavy atom. The molecule has 2 fully saturated rings. The van der Waals surface area contributed by atoms with E-state index in [1.54, 1.807) is 24.3 Å². The third-order valence-corrected chi connectivity index (χ3v) is 9.21. The normalized spacial score (nSPS) is 19.9. The molecule has 2 heterocycles. The zero-order valence-corrected chi connectivity index (χ0v) is 26.2. The van der Waals surface area contributed by atoms with Gasteiger partial charge in [-0.1, -0.05) is 36.4 Å². The second-order valence-electron chi connectivity index (χ2n) is 12.5. The molecule has 47 heavy (non-hydrogen) atoms. The highest BCUT2D eigenvalue weighted by atomic mass is 16.2. The van der Waals surface area contributed by atoms with E-state index < -0.39 is 6.04 Å². The van der Waals surface area contributed by atoms with Gasteiger partial charge in [-0.25, -0.2) is 0 Å². The first-order chi connectivity index (χ1) is 22.9. The van der Waals surface area contributed by atoms with Crippen molar-refractivity contribution in [3.05, 3.63) is 83.9 Å². The number of carbonyl (C=O) groups excluding carboxylic acids is 3. The molecule has 0 unspecified atom stereocenters. The van der Waals surface area contributed by atoms with E-state index in [0.717, 1.165) is 67.4 Å². The van der Waals surface area contributed by atoms with Crippen LogP contribution in [0.2, 0.25) is 0 Å². The summed E-state index contributed by atoms with van der Waals surface area (Å²) in [6.07, 6.45) is 4.64. The molecule has 0 spiro atoms. The fourth-order valence-electron chi connectivity index (χ4n) is 6.30. The van der Waals surface area contributed by atoms with Crippen molar-refractivity contribution in [1.82, 2.24) is 36.6 Å². The Hall–Kier alpha value is -4.94. The number of nitrogens with one attached hydrogen (secondary N) is 5. The molecule has 1 aromatic heterocycles. The van der Waals surface area contributed by atoms with Crippen LogP contribution in [-0.4, -0.2) is 70.1 Å². The third kappa shape index (κ3) is 8.27. The summed E-state index contributed by atoms with van der Waals surface area (Å²) in [5.74, 6) is 0.312. The number of anilines is 1. The molecule has 2 aliphatic rings. The number of rotatable bonds is 11. The molecular weight excluding hydrogens is 594 g/mol.